The first-order valence-corrected chi connectivity index (χ1v) is 11.8. The number of amides is 1. The molecular weight excluding hydrogens is 450 g/mol. The van der Waals surface area contributed by atoms with E-state index in [0.717, 1.165) is 28.2 Å². The van der Waals surface area contributed by atoms with E-state index in [1.807, 2.05) is 68.4 Å². The highest BCUT2D eigenvalue weighted by Crippen LogP contribution is 2.28. The smallest absolute Gasteiger partial charge is 0.349 e. The van der Waals surface area contributed by atoms with Gasteiger partial charge in [-0.3, -0.25) is 14.2 Å². The van der Waals surface area contributed by atoms with E-state index in [-0.39, 0.29) is 24.6 Å². The molecule has 4 aromatic rings. The molecule has 34 heavy (non-hydrogen) atoms. The highest BCUT2D eigenvalue weighted by molar-refractivity contribution is 7.20. The topological polar surface area (TPSA) is 81.5 Å². The second-order valence-corrected chi connectivity index (χ2v) is 8.95. The lowest BCUT2D eigenvalue weighted by molar-refractivity contribution is -0.119. The summed E-state index contributed by atoms with van der Waals surface area (Å²) >= 11 is 1.12. The van der Waals surface area contributed by atoms with Gasteiger partial charge in [0.05, 0.1) is 11.7 Å². The zero-order valence-corrected chi connectivity index (χ0v) is 20.1. The van der Waals surface area contributed by atoms with Gasteiger partial charge < -0.3 is 9.64 Å². The first-order valence-electron chi connectivity index (χ1n) is 11.0. The fourth-order valence-electron chi connectivity index (χ4n) is 3.79. The second kappa shape index (κ2) is 10.0. The lowest BCUT2D eigenvalue weighted by Crippen LogP contribution is -2.36. The van der Waals surface area contributed by atoms with E-state index in [9.17, 15) is 14.4 Å². The summed E-state index contributed by atoms with van der Waals surface area (Å²) in [6.45, 7) is 6.03. The Kier molecular flexibility index (Phi) is 6.88. The van der Waals surface area contributed by atoms with Gasteiger partial charge in [-0.05, 0) is 49.6 Å². The molecule has 0 atom stereocenters. The van der Waals surface area contributed by atoms with E-state index >= 15 is 0 Å². The molecule has 0 aliphatic rings. The molecule has 0 fully saturated rings. The van der Waals surface area contributed by atoms with Crippen molar-refractivity contribution in [2.24, 2.45) is 0 Å². The number of carbonyl (C=O) groups is 2. The van der Waals surface area contributed by atoms with E-state index in [0.29, 0.717) is 27.2 Å². The lowest BCUT2D eigenvalue weighted by atomic mass is 10.2. The molecular formula is C26H25N3O4S. The zero-order chi connectivity index (χ0) is 24.2. The number of esters is 1. The normalized spacial score (nSPS) is 10.9. The van der Waals surface area contributed by atoms with Crippen LogP contribution in [0.25, 0.3) is 10.2 Å². The molecule has 0 N–H and O–H groups in total. The number of benzene rings is 2. The summed E-state index contributed by atoms with van der Waals surface area (Å²) < 4.78 is 6.73. The van der Waals surface area contributed by atoms with E-state index in [1.165, 1.54) is 10.9 Å². The van der Waals surface area contributed by atoms with Crippen molar-refractivity contribution in [3.8, 4) is 0 Å². The van der Waals surface area contributed by atoms with Crippen LogP contribution in [0.15, 0.2) is 65.7 Å². The summed E-state index contributed by atoms with van der Waals surface area (Å²) in [5.74, 6) is -0.713. The van der Waals surface area contributed by atoms with Gasteiger partial charge in [-0.25, -0.2) is 9.78 Å². The van der Waals surface area contributed by atoms with Gasteiger partial charge in [0.15, 0.2) is 0 Å². The molecule has 0 unspecified atom stereocenters. The summed E-state index contributed by atoms with van der Waals surface area (Å²) in [4.78, 5) is 45.7. The van der Waals surface area contributed by atoms with Crippen LogP contribution in [0, 0.1) is 13.8 Å². The molecule has 0 aliphatic carbocycles. The van der Waals surface area contributed by atoms with Crippen LogP contribution in [0.2, 0.25) is 0 Å². The van der Waals surface area contributed by atoms with Crippen molar-refractivity contribution in [3.63, 3.8) is 0 Å². The monoisotopic (exact) mass is 475 g/mol. The van der Waals surface area contributed by atoms with E-state index in [1.54, 1.807) is 11.8 Å². The summed E-state index contributed by atoms with van der Waals surface area (Å²) in [6, 6.07) is 17.1. The van der Waals surface area contributed by atoms with Crippen LogP contribution in [0.1, 0.15) is 33.3 Å². The molecule has 0 spiro atoms. The number of rotatable bonds is 7. The quantitative estimate of drug-likeness (QED) is 0.368. The number of ether oxygens (including phenoxy) is 1. The average molecular weight is 476 g/mol. The van der Waals surface area contributed by atoms with Crippen molar-refractivity contribution in [1.82, 2.24) is 9.55 Å². The molecule has 7 nitrogen and oxygen atoms in total. The average Bonchev–Trinajstić information content (AvgIpc) is 3.17. The number of nitrogens with zero attached hydrogens (tertiary/aromatic N) is 3. The zero-order valence-electron chi connectivity index (χ0n) is 19.3. The van der Waals surface area contributed by atoms with Crippen LogP contribution in [0.3, 0.4) is 0 Å². The number of carbonyl (C=O) groups excluding carboxylic acids is 2. The number of aromatic nitrogens is 2. The maximum absolute atomic E-state index is 13.2. The number of hydrogen-bond acceptors (Lipinski definition) is 6. The van der Waals surface area contributed by atoms with Crippen LogP contribution in [-0.2, 0) is 22.7 Å². The van der Waals surface area contributed by atoms with Gasteiger partial charge in [-0.1, -0.05) is 42.5 Å². The van der Waals surface area contributed by atoms with Crippen molar-refractivity contribution < 1.29 is 14.3 Å². The second-order valence-electron chi connectivity index (χ2n) is 7.95. The predicted molar refractivity (Wildman–Crippen MR) is 133 cm³/mol. The molecule has 0 radical (unpaired) electrons. The molecule has 2 heterocycles. The molecule has 0 saturated carbocycles. The minimum atomic E-state index is -0.497. The van der Waals surface area contributed by atoms with Gasteiger partial charge in [0.25, 0.3) is 5.56 Å². The third kappa shape index (κ3) is 4.77. The van der Waals surface area contributed by atoms with Gasteiger partial charge in [-0.15, -0.1) is 11.3 Å². The van der Waals surface area contributed by atoms with Crippen molar-refractivity contribution in [2.45, 2.75) is 33.9 Å². The number of hydrogen-bond donors (Lipinski definition) is 0. The van der Waals surface area contributed by atoms with E-state index in [4.69, 9.17) is 4.74 Å². The first kappa shape index (κ1) is 23.4. The number of thiophene rings is 1. The number of likely N-dealkylation sites (N-methyl/N-ethyl adjacent to an activating group) is 1. The van der Waals surface area contributed by atoms with Gasteiger partial charge >= 0.3 is 5.97 Å². The summed E-state index contributed by atoms with van der Waals surface area (Å²) in [5, 5.41) is 0.338. The van der Waals surface area contributed by atoms with Gasteiger partial charge in [0.1, 0.15) is 22.9 Å². The first-order chi connectivity index (χ1) is 16.4. The SMILES string of the molecule is CCN(C(=O)Cn1cnc2sc(C(=O)OCc3ccccc3)c(C)c2c1=O)c1cccc(C)c1. The molecule has 2 aromatic carbocycles. The molecule has 1 amide bonds. The Morgan fingerprint density at radius 2 is 1.85 bits per heavy atom. The van der Waals surface area contributed by atoms with Gasteiger partial charge in [-0.2, -0.15) is 0 Å². The van der Waals surface area contributed by atoms with Crippen molar-refractivity contribution in [1.29, 1.82) is 0 Å². The lowest BCUT2D eigenvalue weighted by Gasteiger charge is -2.22. The van der Waals surface area contributed by atoms with E-state index < -0.39 is 5.97 Å². The molecule has 2 aromatic heterocycles. The molecule has 8 heteroatoms. The molecule has 4 rings (SSSR count). The minimum absolute atomic E-state index is 0.144. The van der Waals surface area contributed by atoms with Crippen molar-refractivity contribution in [2.75, 3.05) is 11.4 Å². The molecule has 174 valence electrons. The summed E-state index contributed by atoms with van der Waals surface area (Å²) in [6.07, 6.45) is 1.36. The van der Waals surface area contributed by atoms with Gasteiger partial charge in [0.2, 0.25) is 5.91 Å². The fourth-order valence-corrected chi connectivity index (χ4v) is 4.82. The maximum atomic E-state index is 13.2. The van der Waals surface area contributed by atoms with Crippen LogP contribution >= 0.6 is 11.3 Å². The van der Waals surface area contributed by atoms with Crippen molar-refractivity contribution in [3.05, 3.63) is 92.8 Å². The highest BCUT2D eigenvalue weighted by Gasteiger charge is 2.22. The van der Waals surface area contributed by atoms with Crippen LogP contribution in [-0.4, -0.2) is 28.0 Å². The predicted octanol–water partition coefficient (Wildman–Crippen LogP) is 4.48. The summed E-state index contributed by atoms with van der Waals surface area (Å²) in [7, 11) is 0. The Morgan fingerprint density at radius 3 is 2.56 bits per heavy atom. The maximum Gasteiger partial charge on any atom is 0.349 e. The summed E-state index contributed by atoms with van der Waals surface area (Å²) in [5.41, 5.74) is 2.87. The van der Waals surface area contributed by atoms with Gasteiger partial charge in [0, 0.05) is 12.2 Å². The molecule has 0 aliphatic heterocycles. The van der Waals surface area contributed by atoms with Crippen LogP contribution in [0.5, 0.6) is 0 Å². The minimum Gasteiger partial charge on any atom is -0.457 e. The van der Waals surface area contributed by atoms with Crippen LogP contribution in [0.4, 0.5) is 5.69 Å². The number of aryl methyl sites for hydroxylation is 2. The number of anilines is 1. The van der Waals surface area contributed by atoms with Crippen LogP contribution < -0.4 is 10.5 Å². The number of fused-ring (bicyclic) bond motifs is 1. The third-order valence-electron chi connectivity index (χ3n) is 5.55. The Morgan fingerprint density at radius 1 is 1.09 bits per heavy atom. The standard InChI is InChI=1S/C26H25N3O4S/c1-4-29(20-12-8-9-17(2)13-20)21(30)14-28-16-27-24-22(25(28)31)18(3)23(34-24)26(32)33-15-19-10-6-5-7-11-19/h5-13,16H,4,14-15H2,1-3H3. The largest absolute Gasteiger partial charge is 0.457 e. The Labute approximate surface area is 201 Å². The Balaban J connectivity index is 1.57. The fraction of sp³-hybridized carbons (Fsp3) is 0.231. The third-order valence-corrected chi connectivity index (χ3v) is 6.73. The Hall–Kier alpha value is -3.78. The van der Waals surface area contributed by atoms with E-state index in [2.05, 4.69) is 4.98 Å². The molecule has 0 bridgehead atoms. The highest BCUT2D eigenvalue weighted by atomic mass is 32.1. The molecule has 0 saturated heterocycles. The Bertz CT molecular complexity index is 1410. The van der Waals surface area contributed by atoms with Crippen molar-refractivity contribution >= 4 is 39.1 Å².